The highest BCUT2D eigenvalue weighted by Gasteiger charge is 2.03. The summed E-state index contributed by atoms with van der Waals surface area (Å²) in [7, 11) is 0. The van der Waals surface area contributed by atoms with Crippen molar-refractivity contribution in [1.29, 1.82) is 0 Å². The maximum absolute atomic E-state index is 11.8. The van der Waals surface area contributed by atoms with Crippen molar-refractivity contribution in [3.63, 3.8) is 0 Å². The molecular formula is C32H56O2. The number of rotatable bonds is 24. The van der Waals surface area contributed by atoms with Gasteiger partial charge in [0.25, 0.3) is 0 Å². The van der Waals surface area contributed by atoms with E-state index in [1.165, 1.54) is 116 Å². The molecule has 0 unspecified atom stereocenters. The van der Waals surface area contributed by atoms with Gasteiger partial charge < -0.3 is 4.74 Å². The van der Waals surface area contributed by atoms with Crippen molar-refractivity contribution >= 4 is 5.97 Å². The molecule has 196 valence electrons. The molecule has 0 radical (unpaired) electrons. The first kappa shape index (κ1) is 30.7. The molecule has 0 bridgehead atoms. The van der Waals surface area contributed by atoms with Crippen molar-refractivity contribution in [1.82, 2.24) is 0 Å². The standard InChI is InChI=1S/C32H56O2/c1-30(2)25-21-18-16-14-12-10-8-6-4-3-5-7-9-11-13-15-17-19-24-28-32(33)34-29-31-26-22-20-23-27-31/h20,22-23,26-27,30H,3-19,21,24-25,28-29H2,1-2H3. The molecule has 0 aliphatic heterocycles. The minimum absolute atomic E-state index is 0.0589. The first-order chi connectivity index (χ1) is 16.7. The molecule has 0 atom stereocenters. The second kappa shape index (κ2) is 23.4. The van der Waals surface area contributed by atoms with Crippen LogP contribution in [0, 0.1) is 5.92 Å². The van der Waals surface area contributed by atoms with Crippen LogP contribution in [0.4, 0.5) is 0 Å². The number of hydrogen-bond donors (Lipinski definition) is 0. The van der Waals surface area contributed by atoms with Crippen molar-refractivity contribution in [2.75, 3.05) is 0 Å². The summed E-state index contributed by atoms with van der Waals surface area (Å²) < 4.78 is 5.34. The maximum atomic E-state index is 11.8. The third kappa shape index (κ3) is 21.2. The Morgan fingerprint density at radius 1 is 0.588 bits per heavy atom. The third-order valence-corrected chi connectivity index (χ3v) is 6.91. The van der Waals surface area contributed by atoms with E-state index >= 15 is 0 Å². The summed E-state index contributed by atoms with van der Waals surface area (Å²) in [5.74, 6) is 0.822. The van der Waals surface area contributed by atoms with Crippen LogP contribution < -0.4 is 0 Å². The highest BCUT2D eigenvalue weighted by Crippen LogP contribution is 2.16. The van der Waals surface area contributed by atoms with Gasteiger partial charge in [0.15, 0.2) is 0 Å². The molecule has 34 heavy (non-hydrogen) atoms. The molecule has 0 aliphatic carbocycles. The van der Waals surface area contributed by atoms with Crippen LogP contribution in [0.25, 0.3) is 0 Å². The van der Waals surface area contributed by atoms with Crippen molar-refractivity contribution in [3.8, 4) is 0 Å². The summed E-state index contributed by atoms with van der Waals surface area (Å²) in [6.07, 6.45) is 28.2. The Hall–Kier alpha value is -1.31. The minimum atomic E-state index is -0.0589. The van der Waals surface area contributed by atoms with Crippen molar-refractivity contribution in [2.24, 2.45) is 5.92 Å². The molecule has 2 heteroatoms. The van der Waals surface area contributed by atoms with E-state index in [0.717, 1.165) is 24.3 Å². The number of benzene rings is 1. The van der Waals surface area contributed by atoms with Crippen LogP contribution in [0.1, 0.15) is 154 Å². The van der Waals surface area contributed by atoms with Gasteiger partial charge >= 0.3 is 5.97 Å². The third-order valence-electron chi connectivity index (χ3n) is 6.91. The van der Waals surface area contributed by atoms with Crippen LogP contribution in [0.2, 0.25) is 0 Å². The molecule has 1 aromatic carbocycles. The molecule has 1 rings (SSSR count). The highest BCUT2D eigenvalue weighted by atomic mass is 16.5. The predicted molar refractivity (Wildman–Crippen MR) is 148 cm³/mol. The molecule has 0 fully saturated rings. The minimum Gasteiger partial charge on any atom is -0.461 e. The Kier molecular flexibility index (Phi) is 21.2. The summed E-state index contributed by atoms with van der Waals surface area (Å²) >= 11 is 0. The molecule has 2 nitrogen and oxygen atoms in total. The topological polar surface area (TPSA) is 26.3 Å². The molecule has 0 N–H and O–H groups in total. The zero-order valence-electron chi connectivity index (χ0n) is 22.8. The van der Waals surface area contributed by atoms with Crippen LogP contribution in [0.15, 0.2) is 30.3 Å². The smallest absolute Gasteiger partial charge is 0.306 e. The molecule has 1 aromatic rings. The second-order valence-corrected chi connectivity index (χ2v) is 10.8. The van der Waals surface area contributed by atoms with Gasteiger partial charge in [0.05, 0.1) is 0 Å². The Morgan fingerprint density at radius 3 is 1.38 bits per heavy atom. The summed E-state index contributed by atoms with van der Waals surface area (Å²) in [6.45, 7) is 5.07. The number of carbonyl (C=O) groups is 1. The van der Waals surface area contributed by atoms with Gasteiger partial charge in [-0.2, -0.15) is 0 Å². The fourth-order valence-electron chi connectivity index (χ4n) is 4.64. The summed E-state index contributed by atoms with van der Waals surface area (Å²) in [6, 6.07) is 9.91. The predicted octanol–water partition coefficient (Wildman–Crippen LogP) is 10.6. The van der Waals surface area contributed by atoms with Gasteiger partial charge in [0, 0.05) is 6.42 Å². The number of carbonyl (C=O) groups excluding carboxylic acids is 1. The van der Waals surface area contributed by atoms with Gasteiger partial charge in [0.2, 0.25) is 0 Å². The second-order valence-electron chi connectivity index (χ2n) is 10.8. The van der Waals surface area contributed by atoms with E-state index in [-0.39, 0.29) is 5.97 Å². The van der Waals surface area contributed by atoms with Gasteiger partial charge in [0.1, 0.15) is 6.61 Å². The van der Waals surface area contributed by atoms with Gasteiger partial charge in [-0.15, -0.1) is 0 Å². The molecule has 0 spiro atoms. The molecule has 0 saturated carbocycles. The zero-order valence-corrected chi connectivity index (χ0v) is 22.8. The Bertz CT molecular complexity index is 551. The average molecular weight is 473 g/mol. The van der Waals surface area contributed by atoms with Gasteiger partial charge in [-0.3, -0.25) is 4.79 Å². The first-order valence-corrected chi connectivity index (χ1v) is 14.9. The SMILES string of the molecule is CC(C)CCCCCCCCCCCCCCCCCCCCCC(=O)OCc1ccccc1. The molecular weight excluding hydrogens is 416 g/mol. The van der Waals surface area contributed by atoms with Gasteiger partial charge in [-0.25, -0.2) is 0 Å². The van der Waals surface area contributed by atoms with Crippen molar-refractivity contribution < 1.29 is 9.53 Å². The Labute approximate surface area is 212 Å². The van der Waals surface area contributed by atoms with Crippen LogP contribution in [0.3, 0.4) is 0 Å². The fourth-order valence-corrected chi connectivity index (χ4v) is 4.64. The van der Waals surface area contributed by atoms with E-state index in [4.69, 9.17) is 4.74 Å². The normalized spacial score (nSPS) is 11.3. The summed E-state index contributed by atoms with van der Waals surface area (Å²) in [5.41, 5.74) is 1.06. The Balaban J connectivity index is 1.70. The average Bonchev–Trinajstić information content (AvgIpc) is 2.84. The Morgan fingerprint density at radius 2 is 0.971 bits per heavy atom. The van der Waals surface area contributed by atoms with Crippen molar-refractivity contribution in [2.45, 2.75) is 155 Å². The number of esters is 1. The molecule has 0 aliphatic rings. The van der Waals surface area contributed by atoms with Crippen LogP contribution in [-0.4, -0.2) is 5.97 Å². The number of unbranched alkanes of at least 4 members (excludes halogenated alkanes) is 18. The van der Waals surface area contributed by atoms with E-state index in [1.54, 1.807) is 0 Å². The lowest BCUT2D eigenvalue weighted by Gasteiger charge is -2.05. The lowest BCUT2D eigenvalue weighted by Crippen LogP contribution is -2.04. The van der Waals surface area contributed by atoms with Crippen LogP contribution in [-0.2, 0) is 16.1 Å². The quantitative estimate of drug-likeness (QED) is 0.110. The summed E-state index contributed by atoms with van der Waals surface area (Å²) in [5, 5.41) is 0. The van der Waals surface area contributed by atoms with E-state index in [0.29, 0.717) is 13.0 Å². The van der Waals surface area contributed by atoms with Gasteiger partial charge in [-0.1, -0.05) is 166 Å². The number of hydrogen-bond acceptors (Lipinski definition) is 2. The maximum Gasteiger partial charge on any atom is 0.306 e. The molecule has 0 aromatic heterocycles. The largest absolute Gasteiger partial charge is 0.461 e. The number of ether oxygens (including phenoxy) is 1. The molecule has 0 saturated heterocycles. The van der Waals surface area contributed by atoms with Gasteiger partial charge in [-0.05, 0) is 17.9 Å². The summed E-state index contributed by atoms with van der Waals surface area (Å²) in [4.78, 5) is 11.8. The monoisotopic (exact) mass is 472 g/mol. The zero-order chi connectivity index (χ0) is 24.5. The highest BCUT2D eigenvalue weighted by molar-refractivity contribution is 5.69. The van der Waals surface area contributed by atoms with E-state index in [1.807, 2.05) is 30.3 Å². The van der Waals surface area contributed by atoms with Crippen LogP contribution >= 0.6 is 0 Å². The van der Waals surface area contributed by atoms with Crippen LogP contribution in [0.5, 0.6) is 0 Å². The lowest BCUT2D eigenvalue weighted by atomic mass is 10.0. The lowest BCUT2D eigenvalue weighted by molar-refractivity contribution is -0.145. The first-order valence-electron chi connectivity index (χ1n) is 14.9. The fraction of sp³-hybridized carbons (Fsp3) is 0.781. The van der Waals surface area contributed by atoms with E-state index < -0.39 is 0 Å². The van der Waals surface area contributed by atoms with E-state index in [9.17, 15) is 4.79 Å². The molecule has 0 heterocycles. The van der Waals surface area contributed by atoms with Crippen molar-refractivity contribution in [3.05, 3.63) is 35.9 Å². The molecule has 0 amide bonds. The van der Waals surface area contributed by atoms with E-state index in [2.05, 4.69) is 13.8 Å².